The van der Waals surface area contributed by atoms with E-state index in [4.69, 9.17) is 16.7 Å². The van der Waals surface area contributed by atoms with Crippen molar-refractivity contribution in [3.05, 3.63) is 23.0 Å². The second-order valence-corrected chi connectivity index (χ2v) is 3.10. The summed E-state index contributed by atoms with van der Waals surface area (Å²) in [5.41, 5.74) is 0.0173. The van der Waals surface area contributed by atoms with Crippen LogP contribution >= 0.6 is 11.6 Å². The number of aromatic nitrogens is 1. The molecule has 1 heterocycles. The summed E-state index contributed by atoms with van der Waals surface area (Å²) in [5, 5.41) is 8.91. The maximum absolute atomic E-state index is 11.8. The molecule has 1 N–H and O–H groups in total. The molecule has 15 heavy (non-hydrogen) atoms. The third-order valence-electron chi connectivity index (χ3n) is 1.44. The van der Waals surface area contributed by atoms with Crippen LogP contribution in [-0.2, 0) is 6.61 Å². The molecule has 0 aliphatic carbocycles. The van der Waals surface area contributed by atoms with Gasteiger partial charge in [-0.1, -0.05) is 11.6 Å². The van der Waals surface area contributed by atoms with Crippen LogP contribution in [-0.4, -0.2) is 22.9 Å². The minimum Gasteiger partial charge on any atom is -0.482 e. The van der Waals surface area contributed by atoms with E-state index in [0.717, 1.165) is 0 Å². The Morgan fingerprint density at radius 2 is 2.13 bits per heavy atom. The van der Waals surface area contributed by atoms with E-state index >= 15 is 0 Å². The number of pyridine rings is 1. The van der Waals surface area contributed by atoms with Crippen LogP contribution in [0.3, 0.4) is 0 Å². The maximum Gasteiger partial charge on any atom is 0.422 e. The molecule has 1 aromatic rings. The van der Waals surface area contributed by atoms with E-state index in [-0.39, 0.29) is 16.5 Å². The van der Waals surface area contributed by atoms with Crippen molar-refractivity contribution in [2.75, 3.05) is 6.61 Å². The third-order valence-corrected chi connectivity index (χ3v) is 1.64. The minimum absolute atomic E-state index is 0.0173. The van der Waals surface area contributed by atoms with Gasteiger partial charge in [-0.3, -0.25) is 4.98 Å². The van der Waals surface area contributed by atoms with Gasteiger partial charge in [-0.05, 0) is 0 Å². The number of rotatable bonds is 3. The summed E-state index contributed by atoms with van der Waals surface area (Å²) in [4.78, 5) is 3.62. The zero-order valence-corrected chi connectivity index (χ0v) is 8.14. The SMILES string of the molecule is OCc1ncc(Cl)cc1OCC(F)(F)F. The highest BCUT2D eigenvalue weighted by atomic mass is 35.5. The lowest BCUT2D eigenvalue weighted by Gasteiger charge is -2.11. The molecule has 7 heteroatoms. The Labute approximate surface area is 88.5 Å². The summed E-state index contributed by atoms with van der Waals surface area (Å²) in [6, 6.07) is 1.17. The molecule has 3 nitrogen and oxygen atoms in total. The highest BCUT2D eigenvalue weighted by Gasteiger charge is 2.28. The lowest BCUT2D eigenvalue weighted by Crippen LogP contribution is -2.20. The number of alkyl halides is 3. The monoisotopic (exact) mass is 241 g/mol. The van der Waals surface area contributed by atoms with Crippen molar-refractivity contribution in [2.24, 2.45) is 0 Å². The minimum atomic E-state index is -4.44. The van der Waals surface area contributed by atoms with Crippen molar-refractivity contribution >= 4 is 11.6 Å². The quantitative estimate of drug-likeness (QED) is 0.882. The molecule has 1 aromatic heterocycles. The van der Waals surface area contributed by atoms with E-state index < -0.39 is 19.4 Å². The maximum atomic E-state index is 11.8. The molecule has 0 aromatic carbocycles. The normalized spacial score (nSPS) is 11.5. The average Bonchev–Trinajstić information content (AvgIpc) is 2.14. The van der Waals surface area contributed by atoms with Crippen LogP contribution in [0.15, 0.2) is 12.3 Å². The molecule has 0 aliphatic heterocycles. The van der Waals surface area contributed by atoms with Gasteiger partial charge >= 0.3 is 6.18 Å². The number of ether oxygens (including phenoxy) is 1. The molecule has 0 spiro atoms. The van der Waals surface area contributed by atoms with Crippen molar-refractivity contribution in [3.8, 4) is 5.75 Å². The van der Waals surface area contributed by atoms with Gasteiger partial charge in [0, 0.05) is 12.3 Å². The van der Waals surface area contributed by atoms with Gasteiger partial charge in [0.05, 0.1) is 11.6 Å². The molecule has 0 atom stereocenters. The Kier molecular flexibility index (Phi) is 3.76. The molecule has 0 radical (unpaired) electrons. The number of aliphatic hydroxyl groups excluding tert-OH is 1. The summed E-state index contributed by atoms with van der Waals surface area (Å²) in [5.74, 6) is -0.165. The van der Waals surface area contributed by atoms with Gasteiger partial charge in [0.15, 0.2) is 6.61 Å². The molecule has 84 valence electrons. The molecule has 0 bridgehead atoms. The molecule has 0 aliphatic rings. The van der Waals surface area contributed by atoms with Gasteiger partial charge in [-0.25, -0.2) is 0 Å². The summed E-state index contributed by atoms with van der Waals surface area (Å²) >= 11 is 5.52. The van der Waals surface area contributed by atoms with E-state index in [1.54, 1.807) is 0 Å². The zero-order valence-electron chi connectivity index (χ0n) is 7.38. The van der Waals surface area contributed by atoms with Crippen LogP contribution in [0.5, 0.6) is 5.75 Å². The number of hydrogen-bond acceptors (Lipinski definition) is 3. The third kappa shape index (κ3) is 3.93. The molecular weight excluding hydrogens is 235 g/mol. The Morgan fingerprint density at radius 3 is 2.67 bits per heavy atom. The topological polar surface area (TPSA) is 42.4 Å². The molecule has 0 saturated heterocycles. The fourth-order valence-corrected chi connectivity index (χ4v) is 1.00. The van der Waals surface area contributed by atoms with Crippen molar-refractivity contribution in [1.29, 1.82) is 0 Å². The molecule has 0 fully saturated rings. The second-order valence-electron chi connectivity index (χ2n) is 2.66. The van der Waals surface area contributed by atoms with Crippen molar-refractivity contribution in [3.63, 3.8) is 0 Å². The fraction of sp³-hybridized carbons (Fsp3) is 0.375. The second kappa shape index (κ2) is 4.67. The van der Waals surface area contributed by atoms with Gasteiger partial charge in [-0.2, -0.15) is 13.2 Å². The van der Waals surface area contributed by atoms with Crippen molar-refractivity contribution in [2.45, 2.75) is 12.8 Å². The van der Waals surface area contributed by atoms with Crippen molar-refractivity contribution < 1.29 is 23.0 Å². The van der Waals surface area contributed by atoms with E-state index in [1.807, 2.05) is 0 Å². The largest absolute Gasteiger partial charge is 0.482 e. The lowest BCUT2D eigenvalue weighted by atomic mass is 10.3. The van der Waals surface area contributed by atoms with Gasteiger partial charge in [0.2, 0.25) is 0 Å². The van der Waals surface area contributed by atoms with E-state index in [2.05, 4.69) is 9.72 Å². The van der Waals surface area contributed by atoms with Crippen LogP contribution < -0.4 is 4.74 Å². The van der Waals surface area contributed by atoms with Crippen LogP contribution in [0.4, 0.5) is 13.2 Å². The summed E-state index contributed by atoms with van der Waals surface area (Å²) in [6.07, 6.45) is -3.22. The van der Waals surface area contributed by atoms with E-state index in [0.29, 0.717) is 0 Å². The predicted molar refractivity (Wildman–Crippen MR) is 46.7 cm³/mol. The van der Waals surface area contributed by atoms with Crippen LogP contribution in [0.1, 0.15) is 5.69 Å². The van der Waals surface area contributed by atoms with Crippen LogP contribution in [0, 0.1) is 0 Å². The zero-order chi connectivity index (χ0) is 11.5. The highest BCUT2D eigenvalue weighted by molar-refractivity contribution is 6.30. The summed E-state index contributed by atoms with van der Waals surface area (Å²) in [7, 11) is 0. The first-order valence-corrected chi connectivity index (χ1v) is 4.25. The smallest absolute Gasteiger partial charge is 0.422 e. The van der Waals surface area contributed by atoms with E-state index in [9.17, 15) is 13.2 Å². The lowest BCUT2D eigenvalue weighted by molar-refractivity contribution is -0.153. The highest BCUT2D eigenvalue weighted by Crippen LogP contribution is 2.23. The fourth-order valence-electron chi connectivity index (χ4n) is 0.852. The Morgan fingerprint density at radius 1 is 1.47 bits per heavy atom. The molecule has 0 saturated carbocycles. The van der Waals surface area contributed by atoms with Gasteiger partial charge in [0.1, 0.15) is 11.4 Å². The van der Waals surface area contributed by atoms with Crippen LogP contribution in [0.2, 0.25) is 5.02 Å². The molecule has 1 rings (SSSR count). The number of halogens is 4. The van der Waals surface area contributed by atoms with E-state index in [1.165, 1.54) is 12.3 Å². The first-order chi connectivity index (χ1) is 6.92. The number of hydrogen-bond donors (Lipinski definition) is 1. The summed E-state index contributed by atoms with van der Waals surface area (Å²) < 4.78 is 40.0. The molecular formula is C8H7ClF3NO2. The average molecular weight is 242 g/mol. The summed E-state index contributed by atoms with van der Waals surface area (Å²) in [6.45, 7) is -1.95. The van der Waals surface area contributed by atoms with Crippen LogP contribution in [0.25, 0.3) is 0 Å². The molecule has 0 amide bonds. The Bertz CT molecular complexity index is 343. The molecule has 0 unspecified atom stereocenters. The Hall–Kier alpha value is -1.01. The predicted octanol–water partition coefficient (Wildman–Crippen LogP) is 2.17. The van der Waals surface area contributed by atoms with Crippen molar-refractivity contribution in [1.82, 2.24) is 4.98 Å². The first-order valence-electron chi connectivity index (χ1n) is 3.87. The number of nitrogens with zero attached hydrogens (tertiary/aromatic N) is 1. The number of aliphatic hydroxyl groups is 1. The first kappa shape index (κ1) is 12.1. The van der Waals surface area contributed by atoms with Gasteiger partial charge in [0.25, 0.3) is 0 Å². The van der Waals surface area contributed by atoms with Gasteiger partial charge in [-0.15, -0.1) is 0 Å². The standard InChI is InChI=1S/C8H7ClF3NO2/c9-5-1-7(6(3-14)13-2-5)15-4-8(10,11)12/h1-2,14H,3-4H2. The Balaban J connectivity index is 2.79. The van der Waals surface area contributed by atoms with Gasteiger partial charge < -0.3 is 9.84 Å².